The lowest BCUT2D eigenvalue weighted by atomic mass is 10.2. The molecule has 140 valence electrons. The van der Waals surface area contributed by atoms with Gasteiger partial charge in [-0.05, 0) is 55.0 Å². The number of benzene rings is 1. The summed E-state index contributed by atoms with van der Waals surface area (Å²) in [6.45, 7) is 1.15. The normalized spacial score (nSPS) is 16.8. The molecule has 1 aliphatic rings. The Morgan fingerprint density at radius 3 is 2.79 bits per heavy atom. The van der Waals surface area contributed by atoms with Crippen LogP contribution in [-0.4, -0.2) is 38.4 Å². The number of amides is 1. The highest BCUT2D eigenvalue weighted by Gasteiger charge is 2.31. The van der Waals surface area contributed by atoms with Crippen LogP contribution in [0.15, 0.2) is 65.4 Å². The Morgan fingerprint density at radius 2 is 2.00 bits per heavy atom. The molecule has 0 radical (unpaired) electrons. The van der Waals surface area contributed by atoms with E-state index in [1.165, 1.54) is 24.3 Å². The summed E-state index contributed by atoms with van der Waals surface area (Å²) < 4.78 is 20.8. The second-order valence-electron chi connectivity index (χ2n) is 6.83. The smallest absolute Gasteiger partial charge is 0.253 e. The molecule has 1 amide bonds. The van der Waals surface area contributed by atoms with E-state index in [4.69, 9.17) is 9.40 Å². The van der Waals surface area contributed by atoms with Crippen molar-refractivity contribution in [2.45, 2.75) is 12.5 Å². The zero-order chi connectivity index (χ0) is 19.1. The summed E-state index contributed by atoms with van der Waals surface area (Å²) in [4.78, 5) is 23.8. The van der Waals surface area contributed by atoms with Crippen molar-refractivity contribution in [2.75, 3.05) is 13.1 Å². The molecule has 0 N–H and O–H groups in total. The molecular formula is C21H17FN4O2. The first kappa shape index (κ1) is 16.7. The van der Waals surface area contributed by atoms with Gasteiger partial charge in [0.25, 0.3) is 5.91 Å². The van der Waals surface area contributed by atoms with Crippen molar-refractivity contribution < 1.29 is 13.6 Å². The molecule has 4 aromatic rings. The SMILES string of the molecule is O=C(c1ccc(F)cc1)N1CC[C@H](n2c(-c3ccco3)nc3cccnc32)C1. The number of aromatic nitrogens is 3. The number of furan rings is 1. The third-order valence-electron chi connectivity index (χ3n) is 5.10. The van der Waals surface area contributed by atoms with Crippen LogP contribution < -0.4 is 0 Å². The molecule has 0 unspecified atom stereocenters. The van der Waals surface area contributed by atoms with E-state index in [9.17, 15) is 9.18 Å². The minimum atomic E-state index is -0.352. The van der Waals surface area contributed by atoms with Gasteiger partial charge in [-0.15, -0.1) is 0 Å². The van der Waals surface area contributed by atoms with Gasteiger partial charge >= 0.3 is 0 Å². The first-order valence-electron chi connectivity index (χ1n) is 9.12. The average Bonchev–Trinajstić information content (AvgIpc) is 3.46. The van der Waals surface area contributed by atoms with Crippen LogP contribution in [0.5, 0.6) is 0 Å². The minimum absolute atomic E-state index is 0.0319. The Labute approximate surface area is 160 Å². The van der Waals surface area contributed by atoms with E-state index in [0.29, 0.717) is 30.2 Å². The van der Waals surface area contributed by atoms with E-state index in [0.717, 1.165) is 17.6 Å². The number of carbonyl (C=O) groups is 1. The van der Waals surface area contributed by atoms with Gasteiger partial charge in [-0.1, -0.05) is 0 Å². The van der Waals surface area contributed by atoms with Gasteiger partial charge in [0.2, 0.25) is 0 Å². The summed E-state index contributed by atoms with van der Waals surface area (Å²) in [6, 6.07) is 13.2. The number of pyridine rings is 1. The maximum Gasteiger partial charge on any atom is 0.253 e. The zero-order valence-corrected chi connectivity index (χ0v) is 15.0. The number of halogens is 1. The van der Waals surface area contributed by atoms with Gasteiger partial charge < -0.3 is 13.9 Å². The van der Waals surface area contributed by atoms with Crippen LogP contribution in [0.2, 0.25) is 0 Å². The topological polar surface area (TPSA) is 64.2 Å². The van der Waals surface area contributed by atoms with Gasteiger partial charge in [0.1, 0.15) is 11.3 Å². The molecule has 7 heteroatoms. The maximum atomic E-state index is 13.2. The molecule has 4 heterocycles. The summed E-state index contributed by atoms with van der Waals surface area (Å²) in [5.74, 6) is 0.926. The molecule has 0 saturated carbocycles. The van der Waals surface area contributed by atoms with Crippen molar-refractivity contribution in [1.29, 1.82) is 0 Å². The van der Waals surface area contributed by atoms with E-state index >= 15 is 0 Å². The minimum Gasteiger partial charge on any atom is -0.461 e. The summed E-state index contributed by atoms with van der Waals surface area (Å²) in [6.07, 6.45) is 4.14. The van der Waals surface area contributed by atoms with Crippen LogP contribution in [0.3, 0.4) is 0 Å². The zero-order valence-electron chi connectivity index (χ0n) is 15.0. The molecule has 3 aromatic heterocycles. The fourth-order valence-corrected chi connectivity index (χ4v) is 3.77. The Balaban J connectivity index is 1.49. The first-order chi connectivity index (χ1) is 13.7. The Bertz CT molecular complexity index is 1140. The van der Waals surface area contributed by atoms with E-state index < -0.39 is 0 Å². The second-order valence-corrected chi connectivity index (χ2v) is 6.83. The molecule has 0 aliphatic carbocycles. The third-order valence-corrected chi connectivity index (χ3v) is 5.10. The van der Waals surface area contributed by atoms with E-state index in [1.807, 2.05) is 24.3 Å². The fraction of sp³-hybridized carbons (Fsp3) is 0.190. The number of likely N-dealkylation sites (tertiary alicyclic amines) is 1. The number of hydrogen-bond acceptors (Lipinski definition) is 4. The Hall–Kier alpha value is -3.48. The highest BCUT2D eigenvalue weighted by molar-refractivity contribution is 5.94. The molecule has 0 spiro atoms. The van der Waals surface area contributed by atoms with Crippen molar-refractivity contribution in [3.8, 4) is 11.6 Å². The Kier molecular flexibility index (Phi) is 3.93. The maximum absolute atomic E-state index is 13.2. The summed E-state index contributed by atoms with van der Waals surface area (Å²) in [5.41, 5.74) is 2.05. The van der Waals surface area contributed by atoms with Gasteiger partial charge in [0.05, 0.1) is 12.3 Å². The van der Waals surface area contributed by atoms with Gasteiger partial charge in [-0.2, -0.15) is 0 Å². The predicted octanol–water partition coefficient (Wildman–Crippen LogP) is 3.92. The lowest BCUT2D eigenvalue weighted by Crippen LogP contribution is -2.29. The number of rotatable bonds is 3. The first-order valence-corrected chi connectivity index (χ1v) is 9.12. The standard InChI is InChI=1S/C21H17FN4O2/c22-15-7-5-14(6-8-15)21(27)25-11-9-16(13-25)26-19-17(3-1-10-23-19)24-20(26)18-4-2-12-28-18/h1-8,10,12,16H,9,11,13H2/t16-/m0/s1. The molecule has 28 heavy (non-hydrogen) atoms. The van der Waals surface area contributed by atoms with Crippen LogP contribution >= 0.6 is 0 Å². The van der Waals surface area contributed by atoms with Crippen LogP contribution in [0.25, 0.3) is 22.7 Å². The number of imidazole rings is 1. The molecule has 5 rings (SSSR count). The summed E-state index contributed by atoms with van der Waals surface area (Å²) in [7, 11) is 0. The van der Waals surface area contributed by atoms with Gasteiger partial charge in [0.15, 0.2) is 17.2 Å². The molecule has 0 bridgehead atoms. The van der Waals surface area contributed by atoms with Gasteiger partial charge in [0, 0.05) is 24.8 Å². The molecular weight excluding hydrogens is 359 g/mol. The molecule has 6 nitrogen and oxygen atoms in total. The van der Waals surface area contributed by atoms with Crippen molar-refractivity contribution in [1.82, 2.24) is 19.4 Å². The largest absolute Gasteiger partial charge is 0.461 e. The van der Waals surface area contributed by atoms with Gasteiger partial charge in [-0.3, -0.25) is 4.79 Å². The highest BCUT2D eigenvalue weighted by Crippen LogP contribution is 2.32. The molecule has 1 aromatic carbocycles. The summed E-state index contributed by atoms with van der Waals surface area (Å²) in [5, 5.41) is 0. The highest BCUT2D eigenvalue weighted by atomic mass is 19.1. The van der Waals surface area contributed by atoms with Crippen LogP contribution in [-0.2, 0) is 0 Å². The number of fused-ring (bicyclic) bond motifs is 1. The third kappa shape index (κ3) is 2.76. The van der Waals surface area contributed by atoms with E-state index in [2.05, 4.69) is 9.55 Å². The molecule has 1 atom stereocenters. The lowest BCUT2D eigenvalue weighted by molar-refractivity contribution is 0.0788. The summed E-state index contributed by atoms with van der Waals surface area (Å²) >= 11 is 0. The van der Waals surface area contributed by atoms with Crippen LogP contribution in [0.4, 0.5) is 4.39 Å². The average molecular weight is 376 g/mol. The van der Waals surface area contributed by atoms with Gasteiger partial charge in [-0.25, -0.2) is 14.4 Å². The van der Waals surface area contributed by atoms with Crippen molar-refractivity contribution in [2.24, 2.45) is 0 Å². The van der Waals surface area contributed by atoms with E-state index in [1.54, 1.807) is 17.4 Å². The number of carbonyl (C=O) groups excluding carboxylic acids is 1. The van der Waals surface area contributed by atoms with Crippen molar-refractivity contribution >= 4 is 17.1 Å². The molecule has 1 aliphatic heterocycles. The molecule has 1 fully saturated rings. The van der Waals surface area contributed by atoms with Crippen molar-refractivity contribution in [3.63, 3.8) is 0 Å². The van der Waals surface area contributed by atoms with Crippen molar-refractivity contribution in [3.05, 3.63) is 72.4 Å². The predicted molar refractivity (Wildman–Crippen MR) is 101 cm³/mol. The quantitative estimate of drug-likeness (QED) is 0.544. The molecule has 1 saturated heterocycles. The number of nitrogens with zero attached hydrogens (tertiary/aromatic N) is 4. The fourth-order valence-electron chi connectivity index (χ4n) is 3.77. The lowest BCUT2D eigenvalue weighted by Gasteiger charge is -2.18. The van der Waals surface area contributed by atoms with Crippen LogP contribution in [0.1, 0.15) is 22.8 Å². The second kappa shape index (κ2) is 6.60. The Morgan fingerprint density at radius 1 is 1.14 bits per heavy atom. The monoisotopic (exact) mass is 376 g/mol. The van der Waals surface area contributed by atoms with Crippen LogP contribution in [0, 0.1) is 5.82 Å². The van der Waals surface area contributed by atoms with E-state index in [-0.39, 0.29) is 17.8 Å². The number of hydrogen-bond donors (Lipinski definition) is 0.